The van der Waals surface area contributed by atoms with Crippen LogP contribution < -0.4 is 5.32 Å². The number of likely N-dealkylation sites (tertiary alicyclic amines) is 1. The van der Waals surface area contributed by atoms with Crippen molar-refractivity contribution in [1.82, 2.24) is 10.2 Å². The van der Waals surface area contributed by atoms with Crippen molar-refractivity contribution in [2.45, 2.75) is 38.6 Å². The van der Waals surface area contributed by atoms with Crippen LogP contribution in [-0.4, -0.2) is 31.6 Å². The van der Waals surface area contributed by atoms with Crippen LogP contribution >= 0.6 is 11.6 Å². The maximum Gasteiger partial charge on any atom is 0.0453 e. The molecule has 2 nitrogen and oxygen atoms in total. The van der Waals surface area contributed by atoms with E-state index in [0.717, 1.165) is 23.9 Å². The predicted octanol–water partition coefficient (Wildman–Crippen LogP) is 4.11. The third-order valence-electron chi connectivity index (χ3n) is 4.65. The Bertz CT molecular complexity index is 400. The minimum Gasteiger partial charge on any atom is -0.313 e. The molecule has 2 rings (SSSR count). The minimum atomic E-state index is 0.354. The van der Waals surface area contributed by atoms with Crippen LogP contribution in [0.2, 0.25) is 5.02 Å². The summed E-state index contributed by atoms with van der Waals surface area (Å²) in [5, 5.41) is 4.28. The van der Waals surface area contributed by atoms with Gasteiger partial charge in [-0.05, 0) is 63.5 Å². The Morgan fingerprint density at radius 3 is 2.60 bits per heavy atom. The SMILES string of the molecule is CCC1CCN(CCC(NC)c2ccccc2Cl)CC1. The molecular formula is C17H27ClN2. The Labute approximate surface area is 128 Å². The average Bonchev–Trinajstić information content (AvgIpc) is 2.50. The van der Waals surface area contributed by atoms with E-state index in [-0.39, 0.29) is 0 Å². The fourth-order valence-corrected chi connectivity index (χ4v) is 3.41. The van der Waals surface area contributed by atoms with Crippen molar-refractivity contribution < 1.29 is 0 Å². The van der Waals surface area contributed by atoms with Gasteiger partial charge < -0.3 is 10.2 Å². The zero-order valence-corrected chi connectivity index (χ0v) is 13.5. The molecule has 0 saturated carbocycles. The van der Waals surface area contributed by atoms with E-state index in [4.69, 9.17) is 11.6 Å². The molecule has 0 aromatic heterocycles. The summed E-state index contributed by atoms with van der Waals surface area (Å²) in [6, 6.07) is 8.53. The van der Waals surface area contributed by atoms with Crippen LogP contribution in [0.3, 0.4) is 0 Å². The number of hydrogen-bond acceptors (Lipinski definition) is 2. The van der Waals surface area contributed by atoms with E-state index >= 15 is 0 Å². The molecule has 1 aromatic carbocycles. The van der Waals surface area contributed by atoms with Crippen molar-refractivity contribution in [3.05, 3.63) is 34.9 Å². The van der Waals surface area contributed by atoms with Gasteiger partial charge in [0.1, 0.15) is 0 Å². The minimum absolute atomic E-state index is 0.354. The molecule has 1 aliphatic heterocycles. The summed E-state index contributed by atoms with van der Waals surface area (Å²) in [6.07, 6.45) is 5.20. The Morgan fingerprint density at radius 2 is 2.00 bits per heavy atom. The van der Waals surface area contributed by atoms with Crippen molar-refractivity contribution in [2.24, 2.45) is 5.92 Å². The van der Waals surface area contributed by atoms with Crippen molar-refractivity contribution in [3.63, 3.8) is 0 Å². The Hall–Kier alpha value is -0.570. The molecule has 1 atom stereocenters. The first-order chi connectivity index (χ1) is 9.74. The van der Waals surface area contributed by atoms with E-state index in [9.17, 15) is 0 Å². The molecule has 1 aromatic rings. The fraction of sp³-hybridized carbons (Fsp3) is 0.647. The molecule has 0 radical (unpaired) electrons. The number of nitrogens with one attached hydrogen (secondary N) is 1. The first kappa shape index (κ1) is 15.8. The smallest absolute Gasteiger partial charge is 0.0453 e. The molecule has 1 heterocycles. The van der Waals surface area contributed by atoms with Crippen LogP contribution in [0.1, 0.15) is 44.2 Å². The van der Waals surface area contributed by atoms with Gasteiger partial charge in [0.25, 0.3) is 0 Å². The van der Waals surface area contributed by atoms with Crippen LogP contribution in [-0.2, 0) is 0 Å². The first-order valence-electron chi connectivity index (χ1n) is 7.88. The Morgan fingerprint density at radius 1 is 1.30 bits per heavy atom. The molecule has 20 heavy (non-hydrogen) atoms. The van der Waals surface area contributed by atoms with Gasteiger partial charge in [-0.3, -0.25) is 0 Å². The molecule has 0 amide bonds. The highest BCUT2D eigenvalue weighted by Crippen LogP contribution is 2.26. The highest BCUT2D eigenvalue weighted by Gasteiger charge is 2.19. The lowest BCUT2D eigenvalue weighted by Gasteiger charge is -2.32. The normalized spacial score (nSPS) is 19.1. The molecule has 1 fully saturated rings. The van der Waals surface area contributed by atoms with Crippen molar-refractivity contribution in [1.29, 1.82) is 0 Å². The lowest BCUT2D eigenvalue weighted by molar-refractivity contribution is 0.175. The second-order valence-corrected chi connectivity index (χ2v) is 6.25. The highest BCUT2D eigenvalue weighted by molar-refractivity contribution is 6.31. The monoisotopic (exact) mass is 294 g/mol. The summed E-state index contributed by atoms with van der Waals surface area (Å²) in [5.74, 6) is 0.954. The number of piperidine rings is 1. The van der Waals surface area contributed by atoms with Gasteiger partial charge in [-0.25, -0.2) is 0 Å². The van der Waals surface area contributed by atoms with Crippen LogP contribution in [0, 0.1) is 5.92 Å². The van der Waals surface area contributed by atoms with E-state index in [1.165, 1.54) is 37.9 Å². The summed E-state index contributed by atoms with van der Waals surface area (Å²) in [6.45, 7) is 6.00. The fourth-order valence-electron chi connectivity index (χ4n) is 3.14. The van der Waals surface area contributed by atoms with E-state index in [2.05, 4.69) is 29.3 Å². The molecule has 1 aliphatic rings. The van der Waals surface area contributed by atoms with Gasteiger partial charge in [-0.15, -0.1) is 0 Å². The molecule has 112 valence electrons. The number of nitrogens with zero attached hydrogens (tertiary/aromatic N) is 1. The second kappa shape index (κ2) is 8.02. The topological polar surface area (TPSA) is 15.3 Å². The Kier molecular flexibility index (Phi) is 6.34. The third-order valence-corrected chi connectivity index (χ3v) is 4.99. The van der Waals surface area contributed by atoms with Crippen molar-refractivity contribution in [2.75, 3.05) is 26.7 Å². The zero-order chi connectivity index (χ0) is 14.4. The van der Waals surface area contributed by atoms with E-state index in [1.807, 2.05) is 19.2 Å². The summed E-state index contributed by atoms with van der Waals surface area (Å²) >= 11 is 6.30. The average molecular weight is 295 g/mol. The lowest BCUT2D eigenvalue weighted by atomic mass is 9.94. The Balaban J connectivity index is 1.84. The highest BCUT2D eigenvalue weighted by atomic mass is 35.5. The molecule has 0 aliphatic carbocycles. The van der Waals surface area contributed by atoms with E-state index in [1.54, 1.807) is 0 Å². The standard InChI is InChI=1S/C17H27ClN2/c1-3-14-8-11-20(12-9-14)13-10-17(19-2)15-6-4-5-7-16(15)18/h4-7,14,17,19H,3,8-13H2,1-2H3. The number of hydrogen-bond donors (Lipinski definition) is 1. The number of halogens is 1. The van der Waals surface area contributed by atoms with Gasteiger partial charge in [0.2, 0.25) is 0 Å². The predicted molar refractivity (Wildman–Crippen MR) is 87.3 cm³/mol. The summed E-state index contributed by atoms with van der Waals surface area (Å²) in [7, 11) is 2.03. The lowest BCUT2D eigenvalue weighted by Crippen LogP contribution is -2.35. The van der Waals surface area contributed by atoms with Gasteiger partial charge in [-0.1, -0.05) is 43.1 Å². The van der Waals surface area contributed by atoms with Crippen LogP contribution in [0.4, 0.5) is 0 Å². The summed E-state index contributed by atoms with van der Waals surface area (Å²) in [4.78, 5) is 2.60. The van der Waals surface area contributed by atoms with Gasteiger partial charge in [0, 0.05) is 11.1 Å². The van der Waals surface area contributed by atoms with Crippen LogP contribution in [0.25, 0.3) is 0 Å². The van der Waals surface area contributed by atoms with E-state index < -0.39 is 0 Å². The molecule has 1 unspecified atom stereocenters. The molecule has 0 spiro atoms. The molecular weight excluding hydrogens is 268 g/mol. The van der Waals surface area contributed by atoms with Crippen LogP contribution in [0.15, 0.2) is 24.3 Å². The van der Waals surface area contributed by atoms with Crippen molar-refractivity contribution in [3.8, 4) is 0 Å². The molecule has 1 saturated heterocycles. The van der Waals surface area contributed by atoms with E-state index in [0.29, 0.717) is 6.04 Å². The van der Waals surface area contributed by atoms with Crippen LogP contribution in [0.5, 0.6) is 0 Å². The number of rotatable bonds is 6. The van der Waals surface area contributed by atoms with Gasteiger partial charge in [0.15, 0.2) is 0 Å². The molecule has 1 N–H and O–H groups in total. The maximum absolute atomic E-state index is 6.30. The molecule has 3 heteroatoms. The largest absolute Gasteiger partial charge is 0.313 e. The molecule has 0 bridgehead atoms. The van der Waals surface area contributed by atoms with Crippen molar-refractivity contribution >= 4 is 11.6 Å². The number of benzene rings is 1. The van der Waals surface area contributed by atoms with Gasteiger partial charge in [-0.2, -0.15) is 0 Å². The quantitative estimate of drug-likeness (QED) is 0.849. The zero-order valence-electron chi connectivity index (χ0n) is 12.7. The van der Waals surface area contributed by atoms with Gasteiger partial charge >= 0.3 is 0 Å². The summed E-state index contributed by atoms with van der Waals surface area (Å²) < 4.78 is 0. The van der Waals surface area contributed by atoms with Gasteiger partial charge in [0.05, 0.1) is 0 Å². The second-order valence-electron chi connectivity index (χ2n) is 5.84. The third kappa shape index (κ3) is 4.21. The summed E-state index contributed by atoms with van der Waals surface area (Å²) in [5.41, 5.74) is 1.22. The first-order valence-corrected chi connectivity index (χ1v) is 8.26. The maximum atomic E-state index is 6.30.